The van der Waals surface area contributed by atoms with Crippen molar-refractivity contribution in [1.82, 2.24) is 0 Å². The number of benzene rings is 2. The van der Waals surface area contributed by atoms with E-state index < -0.39 is 0 Å². The number of hydrogen-bond acceptors (Lipinski definition) is 2. The van der Waals surface area contributed by atoms with Crippen molar-refractivity contribution >= 4 is 12.6 Å². The molecule has 0 bridgehead atoms. The van der Waals surface area contributed by atoms with Crippen LogP contribution < -0.4 is 0 Å². The standard InChI is InChI=1S/C22H18O2/c23-17-21-15-9-7-13-19(21)11-5-3-1-2-4-6-12-20-14-8-10-16-22(20)18-24/h7-10,13-18H,1-4H2. The molecule has 2 rings (SSSR count). The molecule has 0 amide bonds. The molecule has 0 atom stereocenters. The van der Waals surface area contributed by atoms with E-state index in [9.17, 15) is 9.59 Å². The van der Waals surface area contributed by atoms with Crippen LogP contribution >= 0.6 is 0 Å². The second-order valence-electron chi connectivity index (χ2n) is 5.22. The lowest BCUT2D eigenvalue weighted by molar-refractivity contribution is 0.111. The predicted molar refractivity (Wildman–Crippen MR) is 95.9 cm³/mol. The first-order valence-electron chi connectivity index (χ1n) is 7.91. The Morgan fingerprint density at radius 3 is 1.50 bits per heavy atom. The van der Waals surface area contributed by atoms with Crippen molar-refractivity contribution in [2.24, 2.45) is 0 Å². The quantitative estimate of drug-likeness (QED) is 0.469. The summed E-state index contributed by atoms with van der Waals surface area (Å²) in [7, 11) is 0. The third-order valence-electron chi connectivity index (χ3n) is 3.48. The van der Waals surface area contributed by atoms with Gasteiger partial charge in [-0.15, -0.1) is 0 Å². The number of unbranched alkanes of at least 4 members (excludes halogenated alkanes) is 3. The van der Waals surface area contributed by atoms with Crippen LogP contribution in [-0.2, 0) is 0 Å². The van der Waals surface area contributed by atoms with Crippen LogP contribution in [0.2, 0.25) is 0 Å². The Bertz CT molecular complexity index is 755. The molecule has 0 saturated heterocycles. The number of aldehydes is 2. The second kappa shape index (κ2) is 9.82. The van der Waals surface area contributed by atoms with E-state index in [0.717, 1.165) is 49.4 Å². The molecule has 0 fully saturated rings. The Balaban J connectivity index is 1.77. The van der Waals surface area contributed by atoms with Gasteiger partial charge in [-0.05, 0) is 25.0 Å². The van der Waals surface area contributed by atoms with Crippen LogP contribution in [0.4, 0.5) is 0 Å². The van der Waals surface area contributed by atoms with Gasteiger partial charge in [0.2, 0.25) is 0 Å². The molecule has 0 aromatic heterocycles. The van der Waals surface area contributed by atoms with E-state index in [2.05, 4.69) is 23.7 Å². The van der Waals surface area contributed by atoms with E-state index in [-0.39, 0.29) is 0 Å². The summed E-state index contributed by atoms with van der Waals surface area (Å²) in [6, 6.07) is 14.7. The van der Waals surface area contributed by atoms with Crippen molar-refractivity contribution in [2.75, 3.05) is 0 Å². The fourth-order valence-corrected chi connectivity index (χ4v) is 2.17. The molecule has 2 aromatic rings. The van der Waals surface area contributed by atoms with Gasteiger partial charge in [0.05, 0.1) is 0 Å². The maximum atomic E-state index is 10.9. The highest BCUT2D eigenvalue weighted by molar-refractivity contribution is 5.79. The van der Waals surface area contributed by atoms with Crippen LogP contribution in [0.5, 0.6) is 0 Å². The Hall–Kier alpha value is -3.10. The van der Waals surface area contributed by atoms with Gasteiger partial charge in [-0.1, -0.05) is 60.1 Å². The van der Waals surface area contributed by atoms with E-state index in [1.165, 1.54) is 0 Å². The normalized spacial score (nSPS) is 9.17. The third kappa shape index (κ3) is 5.27. The molecule has 0 heterocycles. The number of carbonyl (C=O) groups excluding carboxylic acids is 2. The van der Waals surface area contributed by atoms with Crippen LogP contribution in [0, 0.1) is 23.7 Å². The fourth-order valence-electron chi connectivity index (χ4n) is 2.17. The topological polar surface area (TPSA) is 34.1 Å². The zero-order valence-corrected chi connectivity index (χ0v) is 13.4. The van der Waals surface area contributed by atoms with Crippen LogP contribution in [0.25, 0.3) is 0 Å². The molecule has 118 valence electrons. The van der Waals surface area contributed by atoms with Crippen molar-refractivity contribution in [2.45, 2.75) is 25.7 Å². The summed E-state index contributed by atoms with van der Waals surface area (Å²) in [6.07, 6.45) is 5.13. The first-order valence-corrected chi connectivity index (χ1v) is 7.91. The van der Waals surface area contributed by atoms with E-state index >= 15 is 0 Å². The largest absolute Gasteiger partial charge is 0.298 e. The highest BCUT2D eigenvalue weighted by Crippen LogP contribution is 2.06. The molecule has 24 heavy (non-hydrogen) atoms. The van der Waals surface area contributed by atoms with Gasteiger partial charge in [-0.3, -0.25) is 9.59 Å². The summed E-state index contributed by atoms with van der Waals surface area (Å²) in [5, 5.41) is 0. The summed E-state index contributed by atoms with van der Waals surface area (Å²) in [5.74, 6) is 12.3. The van der Waals surface area contributed by atoms with Gasteiger partial charge < -0.3 is 0 Å². The van der Waals surface area contributed by atoms with Crippen molar-refractivity contribution in [1.29, 1.82) is 0 Å². The molecule has 0 aliphatic carbocycles. The number of hydrogen-bond donors (Lipinski definition) is 0. The molecule has 0 saturated carbocycles. The Morgan fingerprint density at radius 2 is 1.08 bits per heavy atom. The molecule has 0 spiro atoms. The van der Waals surface area contributed by atoms with Crippen molar-refractivity contribution in [3.05, 3.63) is 70.8 Å². The third-order valence-corrected chi connectivity index (χ3v) is 3.48. The maximum Gasteiger partial charge on any atom is 0.151 e. The van der Waals surface area contributed by atoms with Crippen molar-refractivity contribution in [3.63, 3.8) is 0 Å². The summed E-state index contributed by atoms with van der Waals surface area (Å²) < 4.78 is 0. The summed E-state index contributed by atoms with van der Waals surface area (Å²) in [4.78, 5) is 21.8. The highest BCUT2D eigenvalue weighted by atomic mass is 16.1. The average molecular weight is 314 g/mol. The second-order valence-corrected chi connectivity index (χ2v) is 5.22. The molecule has 0 aliphatic rings. The predicted octanol–water partition coefficient (Wildman–Crippen LogP) is 4.28. The van der Waals surface area contributed by atoms with Crippen LogP contribution in [-0.4, -0.2) is 12.6 Å². The fraction of sp³-hybridized carbons (Fsp3) is 0.182. The minimum absolute atomic E-state index is 0.629. The molecule has 0 aliphatic heterocycles. The van der Waals surface area contributed by atoms with E-state index in [0.29, 0.717) is 11.1 Å². The zero-order valence-electron chi connectivity index (χ0n) is 13.4. The minimum Gasteiger partial charge on any atom is -0.298 e. The van der Waals surface area contributed by atoms with Gasteiger partial charge >= 0.3 is 0 Å². The highest BCUT2D eigenvalue weighted by Gasteiger charge is 1.96. The van der Waals surface area contributed by atoms with E-state index in [1.807, 2.05) is 36.4 Å². The molecule has 2 heteroatoms. The van der Waals surface area contributed by atoms with Crippen molar-refractivity contribution in [3.8, 4) is 23.7 Å². The van der Waals surface area contributed by atoms with Gasteiger partial charge in [0.15, 0.2) is 12.6 Å². The number of carbonyl (C=O) groups is 2. The van der Waals surface area contributed by atoms with E-state index in [1.54, 1.807) is 12.1 Å². The first kappa shape index (κ1) is 17.3. The minimum atomic E-state index is 0.629. The first-order chi connectivity index (χ1) is 11.8. The average Bonchev–Trinajstić information content (AvgIpc) is 2.64. The summed E-state index contributed by atoms with van der Waals surface area (Å²) in [5.41, 5.74) is 2.81. The van der Waals surface area contributed by atoms with Gasteiger partial charge in [0, 0.05) is 35.1 Å². The van der Waals surface area contributed by atoms with Gasteiger partial charge in [0.25, 0.3) is 0 Å². The maximum absolute atomic E-state index is 10.9. The SMILES string of the molecule is O=Cc1ccccc1C#CCCCCC#Cc1ccccc1C=O. The lowest BCUT2D eigenvalue weighted by atomic mass is 10.1. The van der Waals surface area contributed by atoms with Gasteiger partial charge in [-0.25, -0.2) is 0 Å². The van der Waals surface area contributed by atoms with Crippen LogP contribution in [0.3, 0.4) is 0 Å². The van der Waals surface area contributed by atoms with Crippen LogP contribution in [0.15, 0.2) is 48.5 Å². The lowest BCUT2D eigenvalue weighted by Crippen LogP contribution is -1.86. The molecular formula is C22H18O2. The molecule has 0 N–H and O–H groups in total. The monoisotopic (exact) mass is 314 g/mol. The molecule has 2 aromatic carbocycles. The van der Waals surface area contributed by atoms with Gasteiger partial charge in [-0.2, -0.15) is 0 Å². The van der Waals surface area contributed by atoms with E-state index in [4.69, 9.17) is 0 Å². The Kier molecular flexibility index (Phi) is 7.06. The zero-order chi connectivity index (χ0) is 17.0. The van der Waals surface area contributed by atoms with Gasteiger partial charge in [0.1, 0.15) is 0 Å². The van der Waals surface area contributed by atoms with Crippen LogP contribution in [0.1, 0.15) is 57.5 Å². The molecule has 2 nitrogen and oxygen atoms in total. The lowest BCUT2D eigenvalue weighted by Gasteiger charge is -1.95. The van der Waals surface area contributed by atoms with Crippen molar-refractivity contribution < 1.29 is 9.59 Å². The smallest absolute Gasteiger partial charge is 0.151 e. The Labute approximate surface area is 142 Å². The Morgan fingerprint density at radius 1 is 0.667 bits per heavy atom. The molecule has 0 unspecified atom stereocenters. The summed E-state index contributed by atoms with van der Waals surface area (Å²) in [6.45, 7) is 0. The molecular weight excluding hydrogens is 296 g/mol. The summed E-state index contributed by atoms with van der Waals surface area (Å²) >= 11 is 0. The molecule has 0 radical (unpaired) electrons. The number of rotatable bonds is 5.